The lowest BCUT2D eigenvalue weighted by Crippen LogP contribution is -2.45. The lowest BCUT2D eigenvalue weighted by atomic mass is 10.0. The number of carbonyl (C=O) groups is 2. The van der Waals surface area contributed by atoms with Crippen LogP contribution in [0.2, 0.25) is 0 Å². The highest BCUT2D eigenvalue weighted by Gasteiger charge is 2.33. The molecule has 1 heterocycles. The van der Waals surface area contributed by atoms with Crippen molar-refractivity contribution in [3.05, 3.63) is 54.3 Å². The van der Waals surface area contributed by atoms with Crippen LogP contribution in [0, 0.1) is 5.82 Å². The number of halogens is 1. The first-order valence-electron chi connectivity index (χ1n) is 10.3. The number of hydrogen-bond donors (Lipinski definition) is 2. The molecule has 10 heteroatoms. The molecule has 0 bridgehead atoms. The van der Waals surface area contributed by atoms with Gasteiger partial charge in [0.1, 0.15) is 11.6 Å². The van der Waals surface area contributed by atoms with E-state index in [0.717, 1.165) is 25.0 Å². The monoisotopic (exact) mass is 463 g/mol. The van der Waals surface area contributed by atoms with Crippen molar-refractivity contribution < 1.29 is 27.1 Å². The van der Waals surface area contributed by atoms with Crippen LogP contribution in [0.25, 0.3) is 0 Å². The van der Waals surface area contributed by atoms with Crippen LogP contribution >= 0.6 is 0 Å². The summed E-state index contributed by atoms with van der Waals surface area (Å²) in [5.74, 6) is -1.74. The highest BCUT2D eigenvalue weighted by molar-refractivity contribution is 7.89. The first-order chi connectivity index (χ1) is 15.3. The summed E-state index contributed by atoms with van der Waals surface area (Å²) in [6.07, 6.45) is 2.59. The van der Waals surface area contributed by atoms with Crippen molar-refractivity contribution in [2.75, 3.05) is 25.5 Å². The van der Waals surface area contributed by atoms with E-state index in [9.17, 15) is 22.4 Å². The van der Waals surface area contributed by atoms with Crippen LogP contribution in [-0.4, -0.2) is 50.8 Å². The van der Waals surface area contributed by atoms with E-state index in [-0.39, 0.29) is 17.5 Å². The van der Waals surface area contributed by atoms with Gasteiger partial charge in [-0.1, -0.05) is 18.6 Å². The van der Waals surface area contributed by atoms with Crippen LogP contribution in [0.5, 0.6) is 5.75 Å². The van der Waals surface area contributed by atoms with Crippen LogP contribution in [0.15, 0.2) is 53.4 Å². The smallest absolute Gasteiger partial charge is 0.313 e. The SMILES string of the molecule is COc1ccccc1NC(=O)C(=O)NCC[C@@H]1CCCCN1S(=O)(=O)c1ccc(F)cc1. The number of benzene rings is 2. The van der Waals surface area contributed by atoms with E-state index in [0.29, 0.717) is 30.8 Å². The number of nitrogens with one attached hydrogen (secondary N) is 2. The zero-order valence-corrected chi connectivity index (χ0v) is 18.5. The Labute approximate surface area is 186 Å². The first kappa shape index (κ1) is 23.7. The number of anilines is 1. The van der Waals surface area contributed by atoms with Gasteiger partial charge < -0.3 is 15.4 Å². The zero-order valence-electron chi connectivity index (χ0n) is 17.7. The molecule has 0 aliphatic carbocycles. The molecule has 2 aromatic rings. The molecule has 1 aliphatic heterocycles. The quantitative estimate of drug-likeness (QED) is 0.614. The topological polar surface area (TPSA) is 105 Å². The average molecular weight is 464 g/mol. The molecule has 0 saturated carbocycles. The number of para-hydroxylation sites is 2. The van der Waals surface area contributed by atoms with Gasteiger partial charge in [0, 0.05) is 19.1 Å². The molecule has 8 nitrogen and oxygen atoms in total. The molecule has 1 atom stereocenters. The van der Waals surface area contributed by atoms with E-state index in [1.807, 2.05) is 0 Å². The Balaban J connectivity index is 1.58. The van der Waals surface area contributed by atoms with Crippen molar-refractivity contribution in [1.29, 1.82) is 0 Å². The number of amides is 2. The second kappa shape index (κ2) is 10.6. The van der Waals surface area contributed by atoms with Gasteiger partial charge in [0.05, 0.1) is 17.7 Å². The van der Waals surface area contributed by atoms with Crippen LogP contribution in [0.3, 0.4) is 0 Å². The van der Waals surface area contributed by atoms with Crippen molar-refractivity contribution in [2.24, 2.45) is 0 Å². The summed E-state index contributed by atoms with van der Waals surface area (Å²) in [4.78, 5) is 24.4. The minimum absolute atomic E-state index is 0.0334. The first-order valence-corrected chi connectivity index (χ1v) is 11.8. The fourth-order valence-corrected chi connectivity index (χ4v) is 5.40. The lowest BCUT2D eigenvalue weighted by molar-refractivity contribution is -0.136. The summed E-state index contributed by atoms with van der Waals surface area (Å²) < 4.78 is 45.8. The molecule has 1 fully saturated rings. The van der Waals surface area contributed by atoms with Gasteiger partial charge in [0.15, 0.2) is 0 Å². The Morgan fingerprint density at radius 1 is 1.09 bits per heavy atom. The van der Waals surface area contributed by atoms with Crippen molar-refractivity contribution in [2.45, 2.75) is 36.6 Å². The van der Waals surface area contributed by atoms with Gasteiger partial charge in [-0.2, -0.15) is 4.31 Å². The minimum Gasteiger partial charge on any atom is -0.495 e. The summed E-state index contributed by atoms with van der Waals surface area (Å²) >= 11 is 0. The lowest BCUT2D eigenvalue weighted by Gasteiger charge is -2.34. The standard InChI is InChI=1S/C22H26FN3O5S/c1-31-20-8-3-2-7-19(20)25-22(28)21(27)24-14-13-17-6-4-5-15-26(17)32(29,30)18-11-9-16(23)10-12-18/h2-3,7-12,17H,4-6,13-15H2,1H3,(H,24,27)(H,25,28)/t17-/m0/s1. The fraction of sp³-hybridized carbons (Fsp3) is 0.364. The molecule has 2 aromatic carbocycles. The predicted molar refractivity (Wildman–Crippen MR) is 117 cm³/mol. The maximum Gasteiger partial charge on any atom is 0.313 e. The van der Waals surface area contributed by atoms with Gasteiger partial charge in [0.25, 0.3) is 0 Å². The molecule has 2 amide bonds. The Kier molecular flexibility index (Phi) is 7.81. The summed E-state index contributed by atoms with van der Waals surface area (Å²) in [5.41, 5.74) is 0.374. The number of sulfonamides is 1. The second-order valence-electron chi connectivity index (χ2n) is 7.42. The molecule has 0 spiro atoms. The normalized spacial score (nSPS) is 16.9. The number of rotatable bonds is 7. The van der Waals surface area contributed by atoms with Gasteiger partial charge in [-0.05, 0) is 55.7 Å². The Morgan fingerprint density at radius 3 is 2.53 bits per heavy atom. The largest absolute Gasteiger partial charge is 0.495 e. The Morgan fingerprint density at radius 2 is 1.81 bits per heavy atom. The van der Waals surface area contributed by atoms with Gasteiger partial charge in [0.2, 0.25) is 10.0 Å². The average Bonchev–Trinajstić information content (AvgIpc) is 2.80. The highest BCUT2D eigenvalue weighted by atomic mass is 32.2. The number of carbonyl (C=O) groups excluding carboxylic acids is 2. The molecule has 0 aromatic heterocycles. The van der Waals surface area contributed by atoms with Gasteiger partial charge in [-0.25, -0.2) is 12.8 Å². The molecule has 1 aliphatic rings. The van der Waals surface area contributed by atoms with E-state index >= 15 is 0 Å². The van der Waals surface area contributed by atoms with Crippen LogP contribution in [-0.2, 0) is 19.6 Å². The Bertz CT molecular complexity index is 1060. The van der Waals surface area contributed by atoms with Crippen LogP contribution in [0.1, 0.15) is 25.7 Å². The summed E-state index contributed by atoms with van der Waals surface area (Å²) in [7, 11) is -2.32. The zero-order chi connectivity index (χ0) is 23.1. The van der Waals surface area contributed by atoms with E-state index in [1.54, 1.807) is 24.3 Å². The molecule has 32 heavy (non-hydrogen) atoms. The number of piperidine rings is 1. The number of nitrogens with zero attached hydrogens (tertiary/aromatic N) is 1. The molecule has 172 valence electrons. The molecule has 1 saturated heterocycles. The summed E-state index contributed by atoms with van der Waals surface area (Å²) in [6, 6.07) is 11.1. The third-order valence-corrected chi connectivity index (χ3v) is 7.28. The third kappa shape index (κ3) is 5.63. The molecule has 0 unspecified atom stereocenters. The van der Waals surface area contributed by atoms with Gasteiger partial charge >= 0.3 is 11.8 Å². The summed E-state index contributed by atoms with van der Waals surface area (Å²) in [6.45, 7) is 0.491. The fourth-order valence-electron chi connectivity index (χ4n) is 3.68. The van der Waals surface area contributed by atoms with Crippen molar-refractivity contribution >= 4 is 27.5 Å². The molecule has 3 rings (SSSR count). The van der Waals surface area contributed by atoms with Crippen LogP contribution < -0.4 is 15.4 Å². The molecular weight excluding hydrogens is 437 g/mol. The van der Waals surface area contributed by atoms with Crippen LogP contribution in [0.4, 0.5) is 10.1 Å². The minimum atomic E-state index is -3.78. The maximum atomic E-state index is 13.2. The molecule has 0 radical (unpaired) electrons. The van der Waals surface area contributed by atoms with E-state index < -0.39 is 27.7 Å². The van der Waals surface area contributed by atoms with Crippen molar-refractivity contribution in [1.82, 2.24) is 9.62 Å². The number of methoxy groups -OCH3 is 1. The highest BCUT2D eigenvalue weighted by Crippen LogP contribution is 2.27. The number of ether oxygens (including phenoxy) is 1. The van der Waals surface area contributed by atoms with Crippen molar-refractivity contribution in [3.63, 3.8) is 0 Å². The Hall–Kier alpha value is -2.98. The van der Waals surface area contributed by atoms with Crippen molar-refractivity contribution in [3.8, 4) is 5.75 Å². The third-order valence-electron chi connectivity index (χ3n) is 5.32. The second-order valence-corrected chi connectivity index (χ2v) is 9.31. The molecule has 2 N–H and O–H groups in total. The van der Waals surface area contributed by atoms with E-state index in [1.165, 1.54) is 23.5 Å². The maximum absolute atomic E-state index is 13.2. The number of hydrogen-bond acceptors (Lipinski definition) is 5. The van der Waals surface area contributed by atoms with E-state index in [2.05, 4.69) is 10.6 Å². The molecular formula is C22H26FN3O5S. The van der Waals surface area contributed by atoms with E-state index in [4.69, 9.17) is 4.74 Å². The predicted octanol–water partition coefficient (Wildman–Crippen LogP) is 2.52. The van der Waals surface area contributed by atoms with Gasteiger partial charge in [-0.3, -0.25) is 9.59 Å². The summed E-state index contributed by atoms with van der Waals surface area (Å²) in [5, 5.41) is 5.04. The van der Waals surface area contributed by atoms with Gasteiger partial charge in [-0.15, -0.1) is 0 Å².